The van der Waals surface area contributed by atoms with Gasteiger partial charge < -0.3 is 10.5 Å². The molecular weight excluding hydrogens is 193 g/mol. The van der Waals surface area contributed by atoms with Crippen molar-refractivity contribution in [2.24, 2.45) is 5.73 Å². The Hall–Kier alpha value is -0.800. The molecule has 74 valence electrons. The molecule has 1 rings (SSSR count). The van der Waals surface area contributed by atoms with E-state index in [1.165, 1.54) is 12.1 Å². The molecule has 0 aromatic heterocycles. The molecule has 0 aliphatic rings. The molecular formula is C9H13ClFNO. The van der Waals surface area contributed by atoms with E-state index in [1.54, 1.807) is 12.1 Å². The Morgan fingerprint density at radius 2 is 1.92 bits per heavy atom. The summed E-state index contributed by atoms with van der Waals surface area (Å²) in [6.45, 7) is 2.30. The molecule has 0 bridgehead atoms. The van der Waals surface area contributed by atoms with E-state index in [2.05, 4.69) is 0 Å². The number of hydrogen-bond acceptors (Lipinski definition) is 2. The summed E-state index contributed by atoms with van der Waals surface area (Å²) in [6, 6.07) is 5.87. The van der Waals surface area contributed by atoms with Gasteiger partial charge in [0.1, 0.15) is 18.2 Å². The van der Waals surface area contributed by atoms with Crippen molar-refractivity contribution >= 4 is 12.4 Å². The largest absolute Gasteiger partial charge is 0.492 e. The van der Waals surface area contributed by atoms with Crippen molar-refractivity contribution in [2.75, 3.05) is 6.61 Å². The summed E-state index contributed by atoms with van der Waals surface area (Å²) in [5, 5.41) is 0. The van der Waals surface area contributed by atoms with Gasteiger partial charge in [-0.3, -0.25) is 0 Å². The van der Waals surface area contributed by atoms with Crippen LogP contribution in [-0.4, -0.2) is 12.6 Å². The maximum Gasteiger partial charge on any atom is 0.123 e. The maximum absolute atomic E-state index is 12.4. The van der Waals surface area contributed by atoms with Crippen molar-refractivity contribution in [1.82, 2.24) is 0 Å². The first-order valence-electron chi connectivity index (χ1n) is 3.82. The summed E-state index contributed by atoms with van der Waals surface area (Å²) in [5.74, 6) is 0.386. The van der Waals surface area contributed by atoms with Gasteiger partial charge in [-0.25, -0.2) is 4.39 Å². The van der Waals surface area contributed by atoms with Crippen molar-refractivity contribution in [3.8, 4) is 5.75 Å². The minimum Gasteiger partial charge on any atom is -0.492 e. The number of rotatable bonds is 3. The second-order valence-corrected chi connectivity index (χ2v) is 2.74. The Kier molecular flexibility index (Phi) is 5.42. The van der Waals surface area contributed by atoms with E-state index in [4.69, 9.17) is 10.5 Å². The summed E-state index contributed by atoms with van der Waals surface area (Å²) in [4.78, 5) is 0. The van der Waals surface area contributed by atoms with Crippen LogP contribution in [0.25, 0.3) is 0 Å². The first kappa shape index (κ1) is 12.2. The van der Waals surface area contributed by atoms with Crippen LogP contribution in [0.2, 0.25) is 0 Å². The van der Waals surface area contributed by atoms with Crippen molar-refractivity contribution in [3.63, 3.8) is 0 Å². The van der Waals surface area contributed by atoms with E-state index in [0.717, 1.165) is 0 Å². The highest BCUT2D eigenvalue weighted by Gasteiger charge is 1.96. The van der Waals surface area contributed by atoms with Crippen molar-refractivity contribution in [2.45, 2.75) is 13.0 Å². The number of benzene rings is 1. The summed E-state index contributed by atoms with van der Waals surface area (Å²) in [5.41, 5.74) is 5.47. The quantitative estimate of drug-likeness (QED) is 0.819. The molecule has 1 atom stereocenters. The fourth-order valence-electron chi connectivity index (χ4n) is 0.758. The summed E-state index contributed by atoms with van der Waals surface area (Å²) < 4.78 is 17.6. The van der Waals surface area contributed by atoms with E-state index in [-0.39, 0.29) is 24.3 Å². The van der Waals surface area contributed by atoms with Gasteiger partial charge in [0.2, 0.25) is 0 Å². The first-order valence-corrected chi connectivity index (χ1v) is 3.82. The lowest BCUT2D eigenvalue weighted by molar-refractivity contribution is 0.296. The minimum atomic E-state index is -0.261. The van der Waals surface area contributed by atoms with Gasteiger partial charge in [-0.2, -0.15) is 0 Å². The SMILES string of the molecule is C[C@@H](N)COc1ccc(F)cc1.Cl. The summed E-state index contributed by atoms with van der Waals surface area (Å²) in [6.07, 6.45) is 0. The third-order valence-electron chi connectivity index (χ3n) is 1.33. The predicted octanol–water partition coefficient (Wildman–Crippen LogP) is 1.97. The van der Waals surface area contributed by atoms with Crippen LogP contribution in [0.3, 0.4) is 0 Å². The van der Waals surface area contributed by atoms with Crippen LogP contribution in [0, 0.1) is 5.82 Å². The Morgan fingerprint density at radius 1 is 1.38 bits per heavy atom. The highest BCUT2D eigenvalue weighted by atomic mass is 35.5. The van der Waals surface area contributed by atoms with Gasteiger partial charge in [0.15, 0.2) is 0 Å². The predicted molar refractivity (Wildman–Crippen MR) is 52.8 cm³/mol. The van der Waals surface area contributed by atoms with Crippen LogP contribution in [0.15, 0.2) is 24.3 Å². The number of hydrogen-bond donors (Lipinski definition) is 1. The lowest BCUT2D eigenvalue weighted by atomic mass is 10.3. The highest BCUT2D eigenvalue weighted by molar-refractivity contribution is 5.85. The molecule has 0 unspecified atom stereocenters. The maximum atomic E-state index is 12.4. The van der Waals surface area contributed by atoms with Gasteiger partial charge in [0.25, 0.3) is 0 Å². The van der Waals surface area contributed by atoms with Crippen LogP contribution in [0.4, 0.5) is 4.39 Å². The number of nitrogens with two attached hydrogens (primary N) is 1. The number of ether oxygens (including phenoxy) is 1. The van der Waals surface area contributed by atoms with Crippen molar-refractivity contribution in [3.05, 3.63) is 30.1 Å². The zero-order valence-electron chi connectivity index (χ0n) is 7.37. The topological polar surface area (TPSA) is 35.2 Å². The van der Waals surface area contributed by atoms with E-state index in [9.17, 15) is 4.39 Å². The average Bonchev–Trinajstić information content (AvgIpc) is 2.03. The Labute approximate surface area is 83.3 Å². The monoisotopic (exact) mass is 205 g/mol. The zero-order valence-corrected chi connectivity index (χ0v) is 8.18. The lowest BCUT2D eigenvalue weighted by Gasteiger charge is -2.07. The first-order chi connectivity index (χ1) is 5.68. The highest BCUT2D eigenvalue weighted by Crippen LogP contribution is 2.10. The smallest absolute Gasteiger partial charge is 0.123 e. The fraction of sp³-hybridized carbons (Fsp3) is 0.333. The molecule has 1 aromatic rings. The van der Waals surface area contributed by atoms with Gasteiger partial charge in [0.05, 0.1) is 0 Å². The molecule has 1 aromatic carbocycles. The van der Waals surface area contributed by atoms with E-state index in [1.807, 2.05) is 6.92 Å². The van der Waals surface area contributed by atoms with E-state index >= 15 is 0 Å². The van der Waals surface area contributed by atoms with Gasteiger partial charge in [-0.05, 0) is 31.2 Å². The normalized spacial score (nSPS) is 11.6. The zero-order chi connectivity index (χ0) is 8.97. The molecule has 2 nitrogen and oxygen atoms in total. The minimum absolute atomic E-state index is 0. The molecule has 0 saturated carbocycles. The standard InChI is InChI=1S/C9H12FNO.ClH/c1-7(11)6-12-9-4-2-8(10)3-5-9;/h2-5,7H,6,11H2,1H3;1H/t7-;/m1./s1. The van der Waals surface area contributed by atoms with Gasteiger partial charge >= 0.3 is 0 Å². The molecule has 0 amide bonds. The second kappa shape index (κ2) is 5.78. The van der Waals surface area contributed by atoms with E-state index in [0.29, 0.717) is 12.4 Å². The average molecular weight is 206 g/mol. The fourth-order valence-corrected chi connectivity index (χ4v) is 0.758. The molecule has 0 aliphatic carbocycles. The van der Waals surface area contributed by atoms with Crippen LogP contribution >= 0.6 is 12.4 Å². The lowest BCUT2D eigenvalue weighted by Crippen LogP contribution is -2.23. The van der Waals surface area contributed by atoms with Crippen molar-refractivity contribution < 1.29 is 9.13 Å². The van der Waals surface area contributed by atoms with E-state index < -0.39 is 0 Å². The summed E-state index contributed by atoms with van der Waals surface area (Å²) in [7, 11) is 0. The Balaban J connectivity index is 0.00000144. The van der Waals surface area contributed by atoms with Gasteiger partial charge in [-0.15, -0.1) is 12.4 Å². The Morgan fingerprint density at radius 3 is 2.38 bits per heavy atom. The molecule has 0 saturated heterocycles. The molecule has 0 radical (unpaired) electrons. The summed E-state index contributed by atoms with van der Waals surface area (Å²) >= 11 is 0. The Bertz CT molecular complexity index is 238. The molecule has 13 heavy (non-hydrogen) atoms. The van der Waals surface area contributed by atoms with Crippen LogP contribution in [0.5, 0.6) is 5.75 Å². The second-order valence-electron chi connectivity index (χ2n) is 2.74. The van der Waals surface area contributed by atoms with Gasteiger partial charge in [-0.1, -0.05) is 0 Å². The van der Waals surface area contributed by atoms with Crippen LogP contribution < -0.4 is 10.5 Å². The molecule has 0 heterocycles. The molecule has 0 spiro atoms. The van der Waals surface area contributed by atoms with Crippen molar-refractivity contribution in [1.29, 1.82) is 0 Å². The third kappa shape index (κ3) is 4.70. The van der Waals surface area contributed by atoms with Crippen LogP contribution in [0.1, 0.15) is 6.92 Å². The molecule has 4 heteroatoms. The molecule has 2 N–H and O–H groups in total. The number of halogens is 2. The van der Waals surface area contributed by atoms with Gasteiger partial charge in [0, 0.05) is 6.04 Å². The molecule has 0 fully saturated rings. The molecule has 0 aliphatic heterocycles. The van der Waals surface area contributed by atoms with Crippen LogP contribution in [-0.2, 0) is 0 Å². The third-order valence-corrected chi connectivity index (χ3v) is 1.33.